The Kier molecular flexibility index (Phi) is 5.40. The van der Waals surface area contributed by atoms with Crippen LogP contribution >= 0.6 is 34.2 Å². The fourth-order valence-corrected chi connectivity index (χ4v) is 2.67. The van der Waals surface area contributed by atoms with E-state index in [1.165, 1.54) is 6.07 Å². The third kappa shape index (κ3) is 4.21. The number of hydrazone groups is 1. The maximum atomic E-state index is 12.1. The highest BCUT2D eigenvalue weighted by Gasteiger charge is 2.07. The summed E-state index contributed by atoms with van der Waals surface area (Å²) in [6, 6.07) is 15.9. The van der Waals surface area contributed by atoms with Crippen molar-refractivity contribution in [3.8, 4) is 11.4 Å². The van der Waals surface area contributed by atoms with Crippen molar-refractivity contribution in [3.63, 3.8) is 0 Å². The van der Waals surface area contributed by atoms with Crippen LogP contribution < -0.4 is 5.43 Å². The largest absolute Gasteiger partial charge is 0.507 e. The van der Waals surface area contributed by atoms with E-state index in [1.807, 2.05) is 69.8 Å². The van der Waals surface area contributed by atoms with Gasteiger partial charge in [0.25, 0.3) is 5.91 Å². The van der Waals surface area contributed by atoms with E-state index < -0.39 is 5.91 Å². The Labute approximate surface area is 163 Å². The molecule has 0 saturated heterocycles. The van der Waals surface area contributed by atoms with E-state index in [0.29, 0.717) is 14.2 Å². The summed E-state index contributed by atoms with van der Waals surface area (Å²) in [7, 11) is 0. The molecule has 0 fully saturated rings. The van der Waals surface area contributed by atoms with Gasteiger partial charge in [-0.2, -0.15) is 5.10 Å². The van der Waals surface area contributed by atoms with Gasteiger partial charge in [-0.05, 0) is 77.2 Å². The first kappa shape index (κ1) is 17.5. The van der Waals surface area contributed by atoms with Gasteiger partial charge in [-0.3, -0.25) is 4.79 Å². The molecule has 0 bridgehead atoms. The van der Waals surface area contributed by atoms with E-state index in [0.717, 1.165) is 11.4 Å². The highest BCUT2D eigenvalue weighted by Crippen LogP contribution is 2.20. The molecule has 5 nitrogen and oxygen atoms in total. The second-order valence-electron chi connectivity index (χ2n) is 5.14. The number of phenols is 1. The minimum Gasteiger partial charge on any atom is -0.507 e. The van der Waals surface area contributed by atoms with Gasteiger partial charge in [-0.1, -0.05) is 11.6 Å². The molecule has 0 radical (unpaired) electrons. The highest BCUT2D eigenvalue weighted by atomic mass is 127. The lowest BCUT2D eigenvalue weighted by atomic mass is 10.2. The summed E-state index contributed by atoms with van der Waals surface area (Å²) in [5, 5.41) is 14.3. The van der Waals surface area contributed by atoms with Crippen molar-refractivity contribution in [1.29, 1.82) is 0 Å². The fourth-order valence-electron chi connectivity index (χ4n) is 2.21. The van der Waals surface area contributed by atoms with Crippen LogP contribution in [0.25, 0.3) is 5.69 Å². The van der Waals surface area contributed by atoms with Crippen molar-refractivity contribution >= 4 is 46.3 Å². The molecule has 1 amide bonds. The molecule has 0 aliphatic carbocycles. The SMILES string of the molecule is O=C(NN=Cc1cccn1-c1ccc(Cl)cc1)c1ccc(I)c(O)c1. The molecule has 1 heterocycles. The predicted molar refractivity (Wildman–Crippen MR) is 107 cm³/mol. The number of carbonyl (C=O) groups is 1. The summed E-state index contributed by atoms with van der Waals surface area (Å²) >= 11 is 7.90. The summed E-state index contributed by atoms with van der Waals surface area (Å²) in [4.78, 5) is 12.1. The Balaban J connectivity index is 1.73. The van der Waals surface area contributed by atoms with Gasteiger partial charge in [0.2, 0.25) is 0 Å². The third-order valence-corrected chi connectivity index (χ3v) is 4.62. The molecule has 3 aromatic rings. The maximum Gasteiger partial charge on any atom is 0.271 e. The molecule has 0 unspecified atom stereocenters. The predicted octanol–water partition coefficient (Wildman–Crippen LogP) is 4.20. The van der Waals surface area contributed by atoms with E-state index in [1.54, 1.807) is 18.3 Å². The number of rotatable bonds is 4. The summed E-state index contributed by atoms with van der Waals surface area (Å²) < 4.78 is 2.60. The number of aromatic nitrogens is 1. The molecular weight excluding hydrogens is 453 g/mol. The molecule has 25 heavy (non-hydrogen) atoms. The number of nitrogens with zero attached hydrogens (tertiary/aromatic N) is 2. The molecule has 0 spiro atoms. The number of phenolic OH excluding ortho intramolecular Hbond substituents is 1. The van der Waals surface area contributed by atoms with Crippen molar-refractivity contribution in [1.82, 2.24) is 9.99 Å². The standard InChI is InChI=1S/C18H13ClIN3O2/c19-13-4-6-14(7-5-13)23-9-1-2-15(23)11-21-22-18(25)12-3-8-16(20)17(24)10-12/h1-11,24H,(H,22,25). The minimum atomic E-state index is -0.396. The van der Waals surface area contributed by atoms with Gasteiger partial charge in [0.15, 0.2) is 0 Å². The fraction of sp³-hybridized carbons (Fsp3) is 0. The zero-order valence-electron chi connectivity index (χ0n) is 12.9. The lowest BCUT2D eigenvalue weighted by Crippen LogP contribution is -2.17. The van der Waals surface area contributed by atoms with Crippen molar-refractivity contribution in [2.45, 2.75) is 0 Å². The van der Waals surface area contributed by atoms with Gasteiger partial charge in [0, 0.05) is 22.5 Å². The Morgan fingerprint density at radius 3 is 2.68 bits per heavy atom. The Morgan fingerprint density at radius 1 is 1.20 bits per heavy atom. The van der Waals surface area contributed by atoms with Gasteiger partial charge < -0.3 is 9.67 Å². The molecule has 2 N–H and O–H groups in total. The molecule has 0 aliphatic rings. The summed E-state index contributed by atoms with van der Waals surface area (Å²) in [6.45, 7) is 0. The number of amides is 1. The Bertz CT molecular complexity index is 936. The topological polar surface area (TPSA) is 66.6 Å². The van der Waals surface area contributed by atoms with Crippen LogP contribution in [-0.4, -0.2) is 21.8 Å². The van der Waals surface area contributed by atoms with Crippen LogP contribution in [0.1, 0.15) is 16.1 Å². The number of benzene rings is 2. The van der Waals surface area contributed by atoms with Crippen LogP contribution in [0.3, 0.4) is 0 Å². The average Bonchev–Trinajstić information content (AvgIpc) is 3.06. The molecule has 0 saturated carbocycles. The Hall–Kier alpha value is -2.32. The first-order valence-corrected chi connectivity index (χ1v) is 8.75. The Morgan fingerprint density at radius 2 is 1.96 bits per heavy atom. The van der Waals surface area contributed by atoms with Gasteiger partial charge >= 0.3 is 0 Å². The zero-order chi connectivity index (χ0) is 17.8. The van der Waals surface area contributed by atoms with Crippen LogP contribution in [0.5, 0.6) is 5.75 Å². The van der Waals surface area contributed by atoms with E-state index >= 15 is 0 Å². The first-order valence-electron chi connectivity index (χ1n) is 7.30. The van der Waals surface area contributed by atoms with Crippen molar-refractivity contribution < 1.29 is 9.90 Å². The third-order valence-electron chi connectivity index (χ3n) is 3.46. The number of hydrogen-bond acceptors (Lipinski definition) is 3. The number of nitrogens with one attached hydrogen (secondary N) is 1. The minimum absolute atomic E-state index is 0.0637. The number of aromatic hydroxyl groups is 1. The molecule has 1 aromatic heterocycles. The summed E-state index contributed by atoms with van der Waals surface area (Å²) in [5.74, 6) is -0.332. The van der Waals surface area contributed by atoms with Crippen LogP contribution in [0.4, 0.5) is 0 Å². The molecule has 0 aliphatic heterocycles. The van der Waals surface area contributed by atoms with Crippen LogP contribution in [0.2, 0.25) is 5.02 Å². The van der Waals surface area contributed by atoms with Crippen molar-refractivity contribution in [3.05, 3.63) is 80.6 Å². The van der Waals surface area contributed by atoms with Gasteiger partial charge in [-0.25, -0.2) is 5.43 Å². The molecule has 126 valence electrons. The number of carbonyl (C=O) groups excluding carboxylic acids is 1. The number of halogens is 2. The lowest BCUT2D eigenvalue weighted by Gasteiger charge is -2.06. The van der Waals surface area contributed by atoms with Crippen molar-refractivity contribution in [2.24, 2.45) is 5.10 Å². The molecule has 0 atom stereocenters. The van der Waals surface area contributed by atoms with E-state index in [-0.39, 0.29) is 5.75 Å². The molecule has 2 aromatic carbocycles. The monoisotopic (exact) mass is 465 g/mol. The molecule has 3 rings (SSSR count). The van der Waals surface area contributed by atoms with Crippen LogP contribution in [0.15, 0.2) is 65.9 Å². The first-order chi connectivity index (χ1) is 12.0. The summed E-state index contributed by atoms with van der Waals surface area (Å²) in [6.07, 6.45) is 3.45. The maximum absolute atomic E-state index is 12.1. The molecular formula is C18H13ClIN3O2. The van der Waals surface area contributed by atoms with E-state index in [4.69, 9.17) is 11.6 Å². The number of hydrogen-bond donors (Lipinski definition) is 2. The second kappa shape index (κ2) is 7.71. The molecule has 7 heteroatoms. The van der Waals surface area contributed by atoms with Crippen LogP contribution in [-0.2, 0) is 0 Å². The van der Waals surface area contributed by atoms with E-state index in [9.17, 15) is 9.90 Å². The smallest absolute Gasteiger partial charge is 0.271 e. The quantitative estimate of drug-likeness (QED) is 0.344. The van der Waals surface area contributed by atoms with Crippen molar-refractivity contribution in [2.75, 3.05) is 0 Å². The lowest BCUT2D eigenvalue weighted by molar-refractivity contribution is 0.0954. The van der Waals surface area contributed by atoms with Gasteiger partial charge in [0.05, 0.1) is 15.5 Å². The second-order valence-corrected chi connectivity index (χ2v) is 6.74. The van der Waals surface area contributed by atoms with Crippen LogP contribution in [0, 0.1) is 3.57 Å². The average molecular weight is 466 g/mol. The zero-order valence-corrected chi connectivity index (χ0v) is 15.8. The summed E-state index contributed by atoms with van der Waals surface area (Å²) in [5.41, 5.74) is 4.52. The van der Waals surface area contributed by atoms with Gasteiger partial charge in [-0.15, -0.1) is 0 Å². The highest BCUT2D eigenvalue weighted by molar-refractivity contribution is 14.1. The normalized spacial score (nSPS) is 11.0. The van der Waals surface area contributed by atoms with Gasteiger partial charge in [0.1, 0.15) is 5.75 Å². The van der Waals surface area contributed by atoms with E-state index in [2.05, 4.69) is 10.5 Å².